The van der Waals surface area contributed by atoms with Crippen molar-refractivity contribution in [2.75, 3.05) is 31.1 Å². The first kappa shape index (κ1) is 20.0. The quantitative estimate of drug-likeness (QED) is 0.671. The molecule has 154 valence electrons. The van der Waals surface area contributed by atoms with E-state index in [9.17, 15) is 21.6 Å². The molecule has 0 atom stereocenters. The summed E-state index contributed by atoms with van der Waals surface area (Å²) in [5.41, 5.74) is 0.412. The second-order valence-corrected chi connectivity index (χ2v) is 8.76. The van der Waals surface area contributed by atoms with E-state index in [1.165, 1.54) is 0 Å². The number of rotatable bonds is 3. The van der Waals surface area contributed by atoms with Gasteiger partial charge in [-0.15, -0.1) is 0 Å². The Morgan fingerprint density at radius 3 is 2.52 bits per heavy atom. The zero-order valence-electron chi connectivity index (χ0n) is 14.9. The highest BCUT2D eigenvalue weighted by molar-refractivity contribution is 7.90. The van der Waals surface area contributed by atoms with Gasteiger partial charge in [0.05, 0.1) is 21.8 Å². The zero-order valence-corrected chi connectivity index (χ0v) is 16.5. The fourth-order valence-electron chi connectivity index (χ4n) is 3.34. The van der Waals surface area contributed by atoms with Gasteiger partial charge in [0.25, 0.3) is 10.0 Å². The Labute approximate surface area is 169 Å². The van der Waals surface area contributed by atoms with E-state index in [2.05, 4.69) is 15.2 Å². The monoisotopic (exact) mass is 444 g/mol. The van der Waals surface area contributed by atoms with Crippen molar-refractivity contribution in [3.63, 3.8) is 0 Å². The molecule has 4 rings (SSSR count). The maximum Gasteiger partial charge on any atom is 0.416 e. The molecule has 1 fully saturated rings. The molecule has 11 heteroatoms. The molecule has 1 aromatic heterocycles. The number of hydrogen-bond acceptors (Lipinski definition) is 5. The van der Waals surface area contributed by atoms with Gasteiger partial charge in [0.2, 0.25) is 0 Å². The van der Waals surface area contributed by atoms with Gasteiger partial charge in [0.1, 0.15) is 16.7 Å². The number of hydrogen-bond donors (Lipinski definition) is 1. The number of aromatic nitrogens is 2. The van der Waals surface area contributed by atoms with Crippen LogP contribution < -0.4 is 10.2 Å². The largest absolute Gasteiger partial charge is 0.416 e. The van der Waals surface area contributed by atoms with Crippen molar-refractivity contribution < 1.29 is 21.6 Å². The highest BCUT2D eigenvalue weighted by Gasteiger charge is 2.33. The Kier molecular flexibility index (Phi) is 4.96. The van der Waals surface area contributed by atoms with E-state index in [0.29, 0.717) is 11.6 Å². The first-order chi connectivity index (χ1) is 13.7. The maximum absolute atomic E-state index is 13.1. The van der Waals surface area contributed by atoms with Crippen LogP contribution in [-0.2, 0) is 16.2 Å². The second-order valence-electron chi connectivity index (χ2n) is 6.57. The molecule has 3 aromatic rings. The van der Waals surface area contributed by atoms with Crippen molar-refractivity contribution in [2.24, 2.45) is 0 Å². The zero-order chi connectivity index (χ0) is 20.8. The van der Waals surface area contributed by atoms with Gasteiger partial charge in [0, 0.05) is 26.2 Å². The Morgan fingerprint density at radius 2 is 1.83 bits per heavy atom. The smallest absolute Gasteiger partial charge is 0.367 e. The van der Waals surface area contributed by atoms with Crippen molar-refractivity contribution in [1.29, 1.82) is 0 Å². The van der Waals surface area contributed by atoms with E-state index >= 15 is 0 Å². The molecular formula is C18H16ClF3N4O2S. The van der Waals surface area contributed by atoms with Crippen LogP contribution in [0.15, 0.2) is 47.6 Å². The van der Waals surface area contributed by atoms with Crippen LogP contribution in [0.5, 0.6) is 0 Å². The van der Waals surface area contributed by atoms with E-state index < -0.39 is 26.7 Å². The lowest BCUT2D eigenvalue weighted by atomic mass is 10.2. The number of imidazole rings is 1. The highest BCUT2D eigenvalue weighted by Crippen LogP contribution is 2.35. The van der Waals surface area contributed by atoms with Crippen LogP contribution >= 0.6 is 11.6 Å². The molecule has 2 heterocycles. The lowest BCUT2D eigenvalue weighted by molar-refractivity contribution is -0.137. The summed E-state index contributed by atoms with van der Waals surface area (Å²) in [6.07, 6.45) is -3.59. The molecule has 6 nitrogen and oxygen atoms in total. The molecule has 0 spiro atoms. The maximum atomic E-state index is 13.1. The van der Waals surface area contributed by atoms with E-state index in [0.717, 1.165) is 54.3 Å². The number of alkyl halides is 3. The summed E-state index contributed by atoms with van der Waals surface area (Å²) >= 11 is 5.96. The first-order valence-corrected chi connectivity index (χ1v) is 10.6. The standard InChI is InChI=1S/C18H16ClF3N4O2S/c19-13-5-4-12(18(20,21)22)10-16(13)29(27,28)26-11-24-17-14(2-1-3-15(17)26)25-8-6-23-7-9-25/h1-5,10-11,23H,6-9H2. The van der Waals surface area contributed by atoms with E-state index in [4.69, 9.17) is 11.6 Å². The predicted octanol–water partition coefficient (Wildman–Crippen LogP) is 3.36. The average Bonchev–Trinajstić information content (AvgIpc) is 3.13. The molecule has 1 saturated heterocycles. The number of piperazine rings is 1. The Hall–Kier alpha value is -2.30. The summed E-state index contributed by atoms with van der Waals surface area (Å²) in [6, 6.07) is 7.32. The van der Waals surface area contributed by atoms with Gasteiger partial charge in [0.15, 0.2) is 0 Å². The Bertz CT molecular complexity index is 1170. The summed E-state index contributed by atoms with van der Waals surface area (Å²) in [5.74, 6) is 0. The first-order valence-electron chi connectivity index (χ1n) is 8.73. The van der Waals surface area contributed by atoms with Crippen LogP contribution in [0.3, 0.4) is 0 Å². The van der Waals surface area contributed by atoms with Crippen molar-refractivity contribution in [3.8, 4) is 0 Å². The molecule has 0 radical (unpaired) electrons. The van der Waals surface area contributed by atoms with Gasteiger partial charge in [-0.05, 0) is 30.3 Å². The van der Waals surface area contributed by atoms with Crippen LogP contribution in [0.4, 0.5) is 18.9 Å². The normalized spacial score (nSPS) is 15.8. The van der Waals surface area contributed by atoms with Crippen LogP contribution in [0.2, 0.25) is 5.02 Å². The number of nitrogens with zero attached hydrogens (tertiary/aromatic N) is 3. The molecule has 2 aromatic carbocycles. The van der Waals surface area contributed by atoms with E-state index in [1.54, 1.807) is 12.1 Å². The molecule has 1 aliphatic rings. The van der Waals surface area contributed by atoms with Crippen molar-refractivity contribution in [2.45, 2.75) is 11.1 Å². The summed E-state index contributed by atoms with van der Waals surface area (Å²) in [7, 11) is -4.39. The molecule has 29 heavy (non-hydrogen) atoms. The number of benzene rings is 2. The number of nitrogens with one attached hydrogen (secondary N) is 1. The van der Waals surface area contributed by atoms with Crippen LogP contribution in [-0.4, -0.2) is 43.6 Å². The minimum atomic E-state index is -4.69. The minimum Gasteiger partial charge on any atom is -0.367 e. The van der Waals surface area contributed by atoms with Gasteiger partial charge in [-0.1, -0.05) is 17.7 Å². The molecule has 0 amide bonds. The molecule has 1 N–H and O–H groups in total. The summed E-state index contributed by atoms with van der Waals surface area (Å²) in [6.45, 7) is 3.04. The molecule has 0 unspecified atom stereocenters. The minimum absolute atomic E-state index is 0.273. The predicted molar refractivity (Wildman–Crippen MR) is 104 cm³/mol. The number of para-hydroxylation sites is 1. The number of fused-ring (bicyclic) bond motifs is 1. The molecular weight excluding hydrogens is 429 g/mol. The van der Waals surface area contributed by atoms with Crippen molar-refractivity contribution in [3.05, 3.63) is 53.3 Å². The second kappa shape index (κ2) is 7.19. The summed E-state index contributed by atoms with van der Waals surface area (Å²) in [5, 5.41) is 2.94. The SMILES string of the molecule is O=S(=O)(c1cc(C(F)(F)F)ccc1Cl)n1cnc2c(N3CCNCC3)cccc21. The van der Waals surface area contributed by atoms with Crippen molar-refractivity contribution in [1.82, 2.24) is 14.3 Å². The number of anilines is 1. The summed E-state index contributed by atoms with van der Waals surface area (Å²) in [4.78, 5) is 5.70. The highest BCUT2D eigenvalue weighted by atomic mass is 35.5. The van der Waals surface area contributed by atoms with Gasteiger partial charge in [-0.3, -0.25) is 0 Å². The fourth-order valence-corrected chi connectivity index (χ4v) is 5.13. The molecule has 0 saturated carbocycles. The lowest BCUT2D eigenvalue weighted by Gasteiger charge is -2.29. The third-order valence-corrected chi connectivity index (χ3v) is 6.92. The summed E-state index contributed by atoms with van der Waals surface area (Å²) < 4.78 is 66.4. The van der Waals surface area contributed by atoms with Crippen LogP contribution in [0.1, 0.15) is 5.56 Å². The van der Waals surface area contributed by atoms with E-state index in [-0.39, 0.29) is 10.5 Å². The van der Waals surface area contributed by atoms with Gasteiger partial charge in [-0.2, -0.15) is 13.2 Å². The van der Waals surface area contributed by atoms with Crippen LogP contribution in [0, 0.1) is 0 Å². The van der Waals surface area contributed by atoms with E-state index in [1.807, 2.05) is 6.07 Å². The van der Waals surface area contributed by atoms with Crippen LogP contribution in [0.25, 0.3) is 11.0 Å². The third kappa shape index (κ3) is 3.56. The Morgan fingerprint density at radius 1 is 1.10 bits per heavy atom. The topological polar surface area (TPSA) is 67.2 Å². The fraction of sp³-hybridized carbons (Fsp3) is 0.278. The molecule has 1 aliphatic heterocycles. The van der Waals surface area contributed by atoms with Gasteiger partial charge >= 0.3 is 6.18 Å². The molecule has 0 aliphatic carbocycles. The Balaban J connectivity index is 1.85. The van der Waals surface area contributed by atoms with Gasteiger partial charge in [-0.25, -0.2) is 17.4 Å². The average molecular weight is 445 g/mol. The molecule has 0 bridgehead atoms. The third-order valence-electron chi connectivity index (χ3n) is 4.78. The lowest BCUT2D eigenvalue weighted by Crippen LogP contribution is -2.43. The number of halogens is 4. The van der Waals surface area contributed by atoms with Gasteiger partial charge < -0.3 is 10.2 Å². The van der Waals surface area contributed by atoms with Crippen molar-refractivity contribution >= 4 is 38.3 Å².